The molecule has 1 atom stereocenters. The van der Waals surface area contributed by atoms with Crippen LogP contribution in [0, 0.1) is 13.8 Å². The van der Waals surface area contributed by atoms with Crippen molar-refractivity contribution >= 4 is 5.91 Å². The number of hydrogen-bond donors (Lipinski definition) is 0. The summed E-state index contributed by atoms with van der Waals surface area (Å²) in [6.45, 7) is 5.81. The van der Waals surface area contributed by atoms with Crippen LogP contribution in [-0.2, 0) is 11.2 Å². The number of carbonyl (C=O) groups is 1. The van der Waals surface area contributed by atoms with E-state index in [4.69, 9.17) is 9.26 Å². The molecule has 0 unspecified atom stereocenters. The molecule has 0 spiro atoms. The zero-order valence-corrected chi connectivity index (χ0v) is 15.2. The van der Waals surface area contributed by atoms with Crippen molar-refractivity contribution < 1.29 is 14.1 Å². The first-order valence-corrected chi connectivity index (χ1v) is 8.39. The van der Waals surface area contributed by atoms with Gasteiger partial charge < -0.3 is 14.2 Å². The van der Waals surface area contributed by atoms with E-state index < -0.39 is 0 Å². The molecule has 0 saturated carbocycles. The molecule has 1 aromatic heterocycles. The normalized spacial score (nSPS) is 18.4. The molecule has 7 heteroatoms. The number of hydrogen-bond acceptors (Lipinski definition) is 6. The lowest BCUT2D eigenvalue weighted by Crippen LogP contribution is -2.49. The number of amides is 1. The minimum atomic E-state index is -0.0635. The van der Waals surface area contributed by atoms with E-state index in [1.54, 1.807) is 14.0 Å². The third kappa shape index (κ3) is 3.82. The van der Waals surface area contributed by atoms with Crippen molar-refractivity contribution in [1.82, 2.24) is 19.9 Å². The highest BCUT2D eigenvalue weighted by Crippen LogP contribution is 2.24. The fourth-order valence-corrected chi connectivity index (χ4v) is 3.08. The van der Waals surface area contributed by atoms with Crippen LogP contribution in [0.1, 0.15) is 28.9 Å². The van der Waals surface area contributed by atoms with Crippen LogP contribution in [0.25, 0.3) is 0 Å². The van der Waals surface area contributed by atoms with Crippen molar-refractivity contribution in [1.29, 1.82) is 0 Å². The van der Waals surface area contributed by atoms with Gasteiger partial charge in [0.25, 0.3) is 0 Å². The number of carbonyl (C=O) groups excluding carboxylic acids is 1. The quantitative estimate of drug-likeness (QED) is 0.841. The predicted octanol–water partition coefficient (Wildman–Crippen LogP) is 1.75. The van der Waals surface area contributed by atoms with Crippen molar-refractivity contribution in [2.24, 2.45) is 0 Å². The number of aryl methyl sites for hydroxylation is 2. The van der Waals surface area contributed by atoms with E-state index in [0.717, 1.165) is 23.4 Å². The Balaban J connectivity index is 1.70. The minimum absolute atomic E-state index is 0.0635. The Labute approximate surface area is 147 Å². The Morgan fingerprint density at radius 3 is 2.84 bits per heavy atom. The van der Waals surface area contributed by atoms with E-state index >= 15 is 0 Å². The van der Waals surface area contributed by atoms with Gasteiger partial charge >= 0.3 is 0 Å². The molecule has 1 aliphatic heterocycles. The van der Waals surface area contributed by atoms with Gasteiger partial charge in [0.1, 0.15) is 11.8 Å². The summed E-state index contributed by atoms with van der Waals surface area (Å²) >= 11 is 0. The van der Waals surface area contributed by atoms with Gasteiger partial charge in [-0.3, -0.25) is 9.69 Å². The van der Waals surface area contributed by atoms with Crippen molar-refractivity contribution in [2.75, 3.05) is 33.8 Å². The first-order chi connectivity index (χ1) is 12.0. The van der Waals surface area contributed by atoms with Gasteiger partial charge in [-0.1, -0.05) is 17.3 Å². The van der Waals surface area contributed by atoms with Gasteiger partial charge in [0.15, 0.2) is 5.82 Å². The van der Waals surface area contributed by atoms with E-state index in [2.05, 4.69) is 15.0 Å². The molecule has 0 radical (unpaired) electrons. The lowest BCUT2D eigenvalue weighted by Gasteiger charge is -2.37. The summed E-state index contributed by atoms with van der Waals surface area (Å²) in [6, 6.07) is 5.83. The van der Waals surface area contributed by atoms with E-state index in [-0.39, 0.29) is 11.9 Å². The molecule has 1 amide bonds. The Kier molecular flexibility index (Phi) is 5.03. The molecule has 1 fully saturated rings. The maximum atomic E-state index is 12.7. The molecule has 7 nitrogen and oxygen atoms in total. The smallest absolute Gasteiger partial charge is 0.245 e. The fraction of sp³-hybridized carbons (Fsp3) is 0.500. The Bertz CT molecular complexity index is 759. The second kappa shape index (κ2) is 7.23. The highest BCUT2D eigenvalue weighted by Gasteiger charge is 2.31. The van der Waals surface area contributed by atoms with E-state index in [9.17, 15) is 4.79 Å². The summed E-state index contributed by atoms with van der Waals surface area (Å²) in [4.78, 5) is 21.1. The summed E-state index contributed by atoms with van der Waals surface area (Å²) in [6.07, 6.45) is 0.357. The summed E-state index contributed by atoms with van der Waals surface area (Å²) < 4.78 is 10.7. The second-order valence-electron chi connectivity index (χ2n) is 6.50. The molecule has 0 N–H and O–H groups in total. The van der Waals surface area contributed by atoms with Crippen molar-refractivity contribution in [2.45, 2.75) is 26.3 Å². The zero-order valence-electron chi connectivity index (χ0n) is 15.2. The third-order valence-corrected chi connectivity index (χ3v) is 4.66. The van der Waals surface area contributed by atoms with Crippen LogP contribution in [0.15, 0.2) is 22.7 Å². The zero-order chi connectivity index (χ0) is 18.0. The van der Waals surface area contributed by atoms with Crippen molar-refractivity contribution in [3.8, 4) is 5.75 Å². The van der Waals surface area contributed by atoms with Gasteiger partial charge in [0, 0.05) is 19.6 Å². The minimum Gasteiger partial charge on any atom is -0.496 e. The molecule has 25 heavy (non-hydrogen) atoms. The molecule has 2 aromatic rings. The highest BCUT2D eigenvalue weighted by atomic mass is 16.5. The monoisotopic (exact) mass is 344 g/mol. The van der Waals surface area contributed by atoms with Gasteiger partial charge in [-0.2, -0.15) is 4.98 Å². The Morgan fingerprint density at radius 1 is 1.36 bits per heavy atom. The lowest BCUT2D eigenvalue weighted by molar-refractivity contribution is -0.133. The van der Waals surface area contributed by atoms with Crippen LogP contribution in [0.3, 0.4) is 0 Å². The Hall–Kier alpha value is -2.41. The molecule has 134 valence electrons. The van der Waals surface area contributed by atoms with Gasteiger partial charge in [0.2, 0.25) is 11.8 Å². The number of methoxy groups -OCH3 is 1. The average Bonchev–Trinajstić information content (AvgIpc) is 3.03. The molecule has 1 saturated heterocycles. The molecule has 1 aromatic carbocycles. The Morgan fingerprint density at radius 2 is 2.16 bits per heavy atom. The topological polar surface area (TPSA) is 71.7 Å². The van der Waals surface area contributed by atoms with Gasteiger partial charge in [0.05, 0.1) is 13.5 Å². The maximum absolute atomic E-state index is 12.7. The van der Waals surface area contributed by atoms with Crippen LogP contribution in [0.4, 0.5) is 0 Å². The molecule has 0 bridgehead atoms. The van der Waals surface area contributed by atoms with Crippen LogP contribution in [0.2, 0.25) is 0 Å². The number of likely N-dealkylation sites (N-methyl/N-ethyl adjacent to an activating group) is 1. The van der Waals surface area contributed by atoms with Crippen LogP contribution >= 0.6 is 0 Å². The number of benzene rings is 1. The number of aromatic nitrogens is 2. The molecule has 2 heterocycles. The van der Waals surface area contributed by atoms with E-state index in [1.807, 2.05) is 37.1 Å². The number of rotatable bonds is 4. The van der Waals surface area contributed by atoms with Crippen LogP contribution in [-0.4, -0.2) is 59.6 Å². The number of piperazine rings is 1. The molecule has 0 aliphatic carbocycles. The largest absolute Gasteiger partial charge is 0.496 e. The van der Waals surface area contributed by atoms with Crippen LogP contribution in [0.5, 0.6) is 5.75 Å². The summed E-state index contributed by atoms with van der Waals surface area (Å²) in [5, 5.41) is 3.86. The first kappa shape index (κ1) is 17.4. The van der Waals surface area contributed by atoms with Gasteiger partial charge in [-0.25, -0.2) is 0 Å². The van der Waals surface area contributed by atoms with E-state index in [1.165, 1.54) is 0 Å². The standard InChI is InChI=1S/C18H24N4O3/c1-12-5-6-14(9-16(12)24-4)10-17(23)22-8-7-21(3)15(11-22)18-19-13(2)20-25-18/h5-6,9,15H,7-8,10-11H2,1-4H3/t15-/m0/s1. The van der Waals surface area contributed by atoms with Crippen molar-refractivity contribution in [3.05, 3.63) is 41.0 Å². The summed E-state index contributed by atoms with van der Waals surface area (Å²) in [5.41, 5.74) is 2.02. The summed E-state index contributed by atoms with van der Waals surface area (Å²) in [7, 11) is 3.65. The highest BCUT2D eigenvalue weighted by molar-refractivity contribution is 5.79. The average molecular weight is 344 g/mol. The van der Waals surface area contributed by atoms with Gasteiger partial charge in [-0.15, -0.1) is 0 Å². The second-order valence-corrected chi connectivity index (χ2v) is 6.50. The molecular formula is C18H24N4O3. The predicted molar refractivity (Wildman–Crippen MR) is 92.4 cm³/mol. The molecule has 1 aliphatic rings. The lowest BCUT2D eigenvalue weighted by atomic mass is 10.1. The number of nitrogens with zero attached hydrogens (tertiary/aromatic N) is 4. The SMILES string of the molecule is COc1cc(CC(=O)N2CCN(C)[C@H](c3nc(C)no3)C2)ccc1C. The number of ether oxygens (including phenoxy) is 1. The van der Waals surface area contributed by atoms with Crippen molar-refractivity contribution in [3.63, 3.8) is 0 Å². The fourth-order valence-electron chi connectivity index (χ4n) is 3.08. The summed E-state index contributed by atoms with van der Waals surface area (Å²) in [5.74, 6) is 2.08. The molecule has 3 rings (SSSR count). The van der Waals surface area contributed by atoms with Crippen LogP contribution < -0.4 is 4.74 Å². The van der Waals surface area contributed by atoms with Gasteiger partial charge in [-0.05, 0) is 38.1 Å². The maximum Gasteiger partial charge on any atom is 0.245 e. The third-order valence-electron chi connectivity index (χ3n) is 4.66. The van der Waals surface area contributed by atoms with E-state index in [0.29, 0.717) is 31.2 Å². The molecular weight excluding hydrogens is 320 g/mol. The first-order valence-electron chi connectivity index (χ1n) is 8.39.